The minimum Gasteiger partial charge on any atom is -0.399 e. The van der Waals surface area contributed by atoms with Crippen LogP contribution >= 0.6 is 23.2 Å². The molecule has 0 aliphatic heterocycles. The highest BCUT2D eigenvalue weighted by Gasteiger charge is 2.18. The van der Waals surface area contributed by atoms with Gasteiger partial charge in [0, 0.05) is 24.7 Å². The highest BCUT2D eigenvalue weighted by molar-refractivity contribution is 6.42. The van der Waals surface area contributed by atoms with Gasteiger partial charge in [0.25, 0.3) is 0 Å². The Morgan fingerprint density at radius 3 is 2.46 bits per heavy atom. The molecule has 0 saturated heterocycles. The maximum Gasteiger partial charge on any atom is 0.223 e. The molecule has 0 aromatic heterocycles. The van der Waals surface area contributed by atoms with Gasteiger partial charge in [-0.2, -0.15) is 0 Å². The zero-order valence-electron chi connectivity index (χ0n) is 13.9. The normalized spacial score (nSPS) is 10.9. The Hall–Kier alpha value is -1.71. The van der Waals surface area contributed by atoms with Crippen molar-refractivity contribution in [3.8, 4) is 0 Å². The molecule has 0 bridgehead atoms. The molecule has 0 saturated carbocycles. The summed E-state index contributed by atoms with van der Waals surface area (Å²) in [5, 5.41) is 1.02. The SMILES string of the molecule is CC(C)N(Cc1ccc(Cl)c(Cl)c1)C(=O)CCc1ccccc1N. The average molecular weight is 365 g/mol. The minimum absolute atomic E-state index is 0.0966. The van der Waals surface area contributed by atoms with Gasteiger partial charge < -0.3 is 10.6 Å². The van der Waals surface area contributed by atoms with E-state index in [2.05, 4.69) is 0 Å². The van der Waals surface area contributed by atoms with Crippen LogP contribution in [0.1, 0.15) is 31.4 Å². The number of nitrogens with two attached hydrogens (primary N) is 1. The molecule has 2 aromatic rings. The van der Waals surface area contributed by atoms with Gasteiger partial charge in [-0.15, -0.1) is 0 Å². The van der Waals surface area contributed by atoms with Gasteiger partial charge in [-0.25, -0.2) is 0 Å². The first-order valence-corrected chi connectivity index (χ1v) is 8.71. The number of halogens is 2. The van der Waals surface area contributed by atoms with Gasteiger partial charge in [-0.3, -0.25) is 4.79 Å². The molecule has 2 rings (SSSR count). The summed E-state index contributed by atoms with van der Waals surface area (Å²) in [4.78, 5) is 14.5. The summed E-state index contributed by atoms with van der Waals surface area (Å²) >= 11 is 12.0. The Labute approximate surface area is 153 Å². The number of carbonyl (C=O) groups is 1. The highest BCUT2D eigenvalue weighted by atomic mass is 35.5. The fraction of sp³-hybridized carbons (Fsp3) is 0.316. The number of hydrogen-bond donors (Lipinski definition) is 1. The lowest BCUT2D eigenvalue weighted by atomic mass is 10.1. The lowest BCUT2D eigenvalue weighted by Crippen LogP contribution is -2.36. The van der Waals surface area contributed by atoms with Gasteiger partial charge in [0.05, 0.1) is 10.0 Å². The average Bonchev–Trinajstić information content (AvgIpc) is 2.54. The van der Waals surface area contributed by atoms with Crippen LogP contribution in [0.2, 0.25) is 10.0 Å². The molecule has 128 valence electrons. The smallest absolute Gasteiger partial charge is 0.223 e. The van der Waals surface area contributed by atoms with Crippen LogP contribution in [0.5, 0.6) is 0 Å². The van der Waals surface area contributed by atoms with Crippen LogP contribution in [-0.4, -0.2) is 16.8 Å². The van der Waals surface area contributed by atoms with Crippen molar-refractivity contribution in [1.29, 1.82) is 0 Å². The molecule has 2 aromatic carbocycles. The van der Waals surface area contributed by atoms with E-state index in [1.807, 2.05) is 55.1 Å². The standard InChI is InChI=1S/C19H22Cl2N2O/c1-13(2)23(12-14-7-9-16(20)17(21)11-14)19(24)10-8-15-5-3-4-6-18(15)22/h3-7,9,11,13H,8,10,12,22H2,1-2H3. The molecule has 24 heavy (non-hydrogen) atoms. The molecule has 0 unspecified atom stereocenters. The van der Waals surface area contributed by atoms with Crippen LogP contribution in [0.25, 0.3) is 0 Å². The molecule has 5 heteroatoms. The summed E-state index contributed by atoms with van der Waals surface area (Å²) in [5.41, 5.74) is 8.64. The number of aryl methyl sites for hydroxylation is 1. The number of amides is 1. The zero-order valence-corrected chi connectivity index (χ0v) is 15.4. The number of nitrogens with zero attached hydrogens (tertiary/aromatic N) is 1. The van der Waals surface area contributed by atoms with E-state index in [1.165, 1.54) is 0 Å². The van der Waals surface area contributed by atoms with E-state index in [0.29, 0.717) is 29.4 Å². The van der Waals surface area contributed by atoms with Gasteiger partial charge in [0.1, 0.15) is 0 Å². The number of anilines is 1. The topological polar surface area (TPSA) is 46.3 Å². The molecule has 0 aliphatic carbocycles. The molecule has 3 nitrogen and oxygen atoms in total. The maximum atomic E-state index is 12.7. The molecule has 0 aliphatic rings. The van der Waals surface area contributed by atoms with Crippen LogP contribution in [0, 0.1) is 0 Å². The summed E-state index contributed by atoms with van der Waals surface area (Å²) in [6.45, 7) is 4.52. The number of hydrogen-bond acceptors (Lipinski definition) is 2. The first kappa shape index (κ1) is 18.6. The Balaban J connectivity index is 2.05. The maximum absolute atomic E-state index is 12.7. The molecule has 0 radical (unpaired) electrons. The van der Waals surface area contributed by atoms with E-state index in [0.717, 1.165) is 16.8 Å². The predicted molar refractivity (Wildman–Crippen MR) is 101 cm³/mol. The van der Waals surface area contributed by atoms with Crippen molar-refractivity contribution in [3.05, 3.63) is 63.6 Å². The van der Waals surface area contributed by atoms with Crippen molar-refractivity contribution < 1.29 is 4.79 Å². The van der Waals surface area contributed by atoms with E-state index < -0.39 is 0 Å². The first-order chi connectivity index (χ1) is 11.4. The number of rotatable bonds is 6. The highest BCUT2D eigenvalue weighted by Crippen LogP contribution is 2.24. The van der Waals surface area contributed by atoms with Gasteiger partial charge >= 0.3 is 0 Å². The monoisotopic (exact) mass is 364 g/mol. The van der Waals surface area contributed by atoms with E-state index in [9.17, 15) is 4.79 Å². The third-order valence-electron chi connectivity index (χ3n) is 3.94. The fourth-order valence-corrected chi connectivity index (χ4v) is 2.86. The van der Waals surface area contributed by atoms with Gasteiger partial charge in [0.2, 0.25) is 5.91 Å². The van der Waals surface area contributed by atoms with E-state index in [-0.39, 0.29) is 11.9 Å². The molecular weight excluding hydrogens is 343 g/mol. The van der Waals surface area contributed by atoms with Crippen molar-refractivity contribution >= 4 is 34.8 Å². The second kappa shape index (κ2) is 8.41. The van der Waals surface area contributed by atoms with Gasteiger partial charge in [-0.05, 0) is 49.6 Å². The summed E-state index contributed by atoms with van der Waals surface area (Å²) < 4.78 is 0. The number of para-hydroxylation sites is 1. The molecule has 0 spiro atoms. The van der Waals surface area contributed by atoms with E-state index >= 15 is 0 Å². The first-order valence-electron chi connectivity index (χ1n) is 7.95. The lowest BCUT2D eigenvalue weighted by Gasteiger charge is -2.27. The summed E-state index contributed by atoms with van der Waals surface area (Å²) in [5.74, 6) is 0.0966. The van der Waals surface area contributed by atoms with Crippen molar-refractivity contribution in [2.45, 2.75) is 39.3 Å². The largest absolute Gasteiger partial charge is 0.399 e. The predicted octanol–water partition coefficient (Wildman–Crippen LogP) is 4.95. The van der Waals surface area contributed by atoms with Crippen molar-refractivity contribution in [1.82, 2.24) is 4.90 Å². The third-order valence-corrected chi connectivity index (χ3v) is 4.68. The zero-order chi connectivity index (χ0) is 17.7. The molecule has 1 amide bonds. The van der Waals surface area contributed by atoms with Crippen LogP contribution in [0.4, 0.5) is 5.69 Å². The van der Waals surface area contributed by atoms with Crippen LogP contribution in [0.15, 0.2) is 42.5 Å². The van der Waals surface area contributed by atoms with Crippen LogP contribution in [0.3, 0.4) is 0 Å². The number of carbonyl (C=O) groups excluding carboxylic acids is 1. The third kappa shape index (κ3) is 4.89. The fourth-order valence-electron chi connectivity index (χ4n) is 2.54. The number of benzene rings is 2. The Bertz CT molecular complexity index is 716. The minimum atomic E-state index is 0.0966. The summed E-state index contributed by atoms with van der Waals surface area (Å²) in [7, 11) is 0. The molecule has 2 N–H and O–H groups in total. The lowest BCUT2D eigenvalue weighted by molar-refractivity contribution is -0.133. The van der Waals surface area contributed by atoms with Gasteiger partial charge in [0.15, 0.2) is 0 Å². The summed E-state index contributed by atoms with van der Waals surface area (Å²) in [6, 6.07) is 13.2. The second-order valence-corrected chi connectivity index (χ2v) is 6.88. The Morgan fingerprint density at radius 2 is 1.83 bits per heavy atom. The van der Waals surface area contributed by atoms with E-state index in [1.54, 1.807) is 6.07 Å². The molecule has 0 fully saturated rings. The number of nitrogen functional groups attached to an aromatic ring is 1. The molecular formula is C19H22Cl2N2O. The Morgan fingerprint density at radius 1 is 1.12 bits per heavy atom. The van der Waals surface area contributed by atoms with Crippen molar-refractivity contribution in [3.63, 3.8) is 0 Å². The van der Waals surface area contributed by atoms with Gasteiger partial charge in [-0.1, -0.05) is 47.5 Å². The van der Waals surface area contributed by atoms with Crippen molar-refractivity contribution in [2.24, 2.45) is 0 Å². The summed E-state index contributed by atoms with van der Waals surface area (Å²) in [6.07, 6.45) is 1.06. The van der Waals surface area contributed by atoms with E-state index in [4.69, 9.17) is 28.9 Å². The van der Waals surface area contributed by atoms with Crippen molar-refractivity contribution in [2.75, 3.05) is 5.73 Å². The van der Waals surface area contributed by atoms with Crippen LogP contribution < -0.4 is 5.73 Å². The molecule has 0 atom stereocenters. The molecule has 0 heterocycles. The second-order valence-electron chi connectivity index (χ2n) is 6.06. The quantitative estimate of drug-likeness (QED) is 0.737. The Kier molecular flexibility index (Phi) is 6.52. The van der Waals surface area contributed by atoms with Crippen LogP contribution in [-0.2, 0) is 17.8 Å².